The fourth-order valence-corrected chi connectivity index (χ4v) is 3.37. The number of carbonyl (C=O) groups is 2. The van der Waals surface area contributed by atoms with Crippen LogP contribution in [-0.4, -0.2) is 47.7 Å². The van der Waals surface area contributed by atoms with Crippen molar-refractivity contribution in [1.29, 1.82) is 0 Å². The first-order valence-corrected chi connectivity index (χ1v) is 7.26. The lowest BCUT2D eigenvalue weighted by molar-refractivity contribution is -0.153. The summed E-state index contributed by atoms with van der Waals surface area (Å²) in [4.78, 5) is 25.6. The van der Waals surface area contributed by atoms with Gasteiger partial charge in [0.1, 0.15) is 0 Å². The summed E-state index contributed by atoms with van der Waals surface area (Å²) < 4.78 is 10.4. The van der Waals surface area contributed by atoms with Crippen molar-refractivity contribution in [2.45, 2.75) is 25.3 Å². The predicted octanol–water partition coefficient (Wildman–Crippen LogP) is 1.16. The largest absolute Gasteiger partial charge is 0.481 e. The van der Waals surface area contributed by atoms with Gasteiger partial charge in [-0.1, -0.05) is 0 Å². The summed E-state index contributed by atoms with van der Waals surface area (Å²) in [5, 5.41) is 9.29. The molecule has 2 fully saturated rings. The number of likely N-dealkylation sites (tertiary alicyclic amines) is 1. The lowest BCUT2D eigenvalue weighted by atomic mass is 9.81. The van der Waals surface area contributed by atoms with Crippen LogP contribution in [-0.2, 0) is 20.7 Å². The maximum atomic E-state index is 12.5. The molecule has 0 radical (unpaired) electrons. The number of fused-ring (bicyclic) bond motifs is 1. The van der Waals surface area contributed by atoms with Crippen molar-refractivity contribution in [3.8, 4) is 0 Å². The average molecular weight is 293 g/mol. The van der Waals surface area contributed by atoms with Gasteiger partial charge >= 0.3 is 5.97 Å². The van der Waals surface area contributed by atoms with E-state index in [1.165, 1.54) is 6.26 Å². The van der Waals surface area contributed by atoms with Crippen LogP contribution in [0.1, 0.15) is 18.4 Å². The second-order valence-electron chi connectivity index (χ2n) is 5.82. The Morgan fingerprint density at radius 1 is 1.43 bits per heavy atom. The Morgan fingerprint density at radius 3 is 3.00 bits per heavy atom. The topological polar surface area (TPSA) is 80.0 Å². The molecular weight excluding hydrogens is 274 g/mol. The van der Waals surface area contributed by atoms with E-state index in [1.54, 1.807) is 17.2 Å². The molecule has 3 atom stereocenters. The number of ether oxygens (including phenoxy) is 1. The van der Waals surface area contributed by atoms with E-state index in [2.05, 4.69) is 0 Å². The number of hydrogen-bond donors (Lipinski definition) is 1. The molecule has 6 nitrogen and oxygen atoms in total. The number of amides is 1. The van der Waals surface area contributed by atoms with Gasteiger partial charge in [0.25, 0.3) is 0 Å². The summed E-state index contributed by atoms with van der Waals surface area (Å²) in [7, 11) is 0. The maximum Gasteiger partial charge on any atom is 0.308 e. The summed E-state index contributed by atoms with van der Waals surface area (Å²) in [5.74, 6) is -1.23. The standard InChI is InChI=1S/C15H19NO5/c17-14(5-10-1-3-20-8-10)16-7-11(15(18)19)6-12-9-21-4-2-13(12)16/h1,3,8,11-13H,2,4-7,9H2,(H,18,19)/t11-,12-,13-/m1/s1. The highest BCUT2D eigenvalue weighted by Crippen LogP contribution is 2.33. The molecule has 2 aliphatic rings. The molecular formula is C15H19NO5. The second kappa shape index (κ2) is 5.89. The summed E-state index contributed by atoms with van der Waals surface area (Å²) in [6.45, 7) is 1.48. The minimum atomic E-state index is -0.833. The SMILES string of the molecule is O=C(O)[C@@H]1C[C@@H]2COCC[C@H]2N(C(=O)Cc2ccoc2)C1. The third kappa shape index (κ3) is 2.95. The first-order chi connectivity index (χ1) is 10.1. The van der Waals surface area contributed by atoms with Gasteiger partial charge in [-0.3, -0.25) is 9.59 Å². The molecule has 0 spiro atoms. The van der Waals surface area contributed by atoms with Crippen molar-refractivity contribution >= 4 is 11.9 Å². The van der Waals surface area contributed by atoms with Crippen molar-refractivity contribution in [3.63, 3.8) is 0 Å². The average Bonchev–Trinajstić information content (AvgIpc) is 2.98. The molecule has 3 heterocycles. The van der Waals surface area contributed by atoms with Gasteiger partial charge in [-0.15, -0.1) is 0 Å². The van der Waals surface area contributed by atoms with Crippen molar-refractivity contribution in [2.24, 2.45) is 11.8 Å². The number of aliphatic carboxylic acids is 1. The molecule has 0 bridgehead atoms. The van der Waals surface area contributed by atoms with Gasteiger partial charge in [0.15, 0.2) is 0 Å². The van der Waals surface area contributed by atoms with Crippen molar-refractivity contribution in [2.75, 3.05) is 19.8 Å². The first kappa shape index (κ1) is 14.1. The minimum absolute atomic E-state index is 0.0285. The van der Waals surface area contributed by atoms with Gasteiger partial charge in [0.2, 0.25) is 5.91 Å². The molecule has 1 amide bonds. The summed E-state index contributed by atoms with van der Waals surface area (Å²) in [6.07, 6.45) is 4.73. The van der Waals surface area contributed by atoms with E-state index in [0.29, 0.717) is 26.2 Å². The molecule has 1 aromatic heterocycles. The predicted molar refractivity (Wildman–Crippen MR) is 72.6 cm³/mol. The molecule has 1 aromatic rings. The van der Waals surface area contributed by atoms with Crippen LogP contribution in [0.15, 0.2) is 23.0 Å². The van der Waals surface area contributed by atoms with Crippen LogP contribution in [0.4, 0.5) is 0 Å². The first-order valence-electron chi connectivity index (χ1n) is 7.26. The van der Waals surface area contributed by atoms with Crippen LogP contribution in [0.2, 0.25) is 0 Å². The van der Waals surface area contributed by atoms with Crippen molar-refractivity contribution in [1.82, 2.24) is 4.90 Å². The van der Waals surface area contributed by atoms with E-state index in [1.807, 2.05) is 0 Å². The van der Waals surface area contributed by atoms with Crippen LogP contribution < -0.4 is 0 Å². The Morgan fingerprint density at radius 2 is 2.29 bits per heavy atom. The van der Waals surface area contributed by atoms with Gasteiger partial charge in [-0.25, -0.2) is 0 Å². The molecule has 1 N–H and O–H groups in total. The van der Waals surface area contributed by atoms with E-state index in [9.17, 15) is 14.7 Å². The van der Waals surface area contributed by atoms with Gasteiger partial charge in [0, 0.05) is 25.1 Å². The molecule has 2 aliphatic heterocycles. The molecule has 0 unspecified atom stereocenters. The third-order valence-electron chi connectivity index (χ3n) is 4.44. The van der Waals surface area contributed by atoms with Gasteiger partial charge in [-0.2, -0.15) is 0 Å². The number of rotatable bonds is 3. The monoisotopic (exact) mass is 293 g/mol. The quantitative estimate of drug-likeness (QED) is 0.904. The highest BCUT2D eigenvalue weighted by atomic mass is 16.5. The summed E-state index contributed by atoms with van der Waals surface area (Å²) >= 11 is 0. The Balaban J connectivity index is 1.76. The number of carbonyl (C=O) groups excluding carboxylic acids is 1. The zero-order valence-electron chi connectivity index (χ0n) is 11.7. The van der Waals surface area contributed by atoms with Crippen LogP contribution in [0, 0.1) is 11.8 Å². The van der Waals surface area contributed by atoms with Gasteiger partial charge < -0.3 is 19.2 Å². The highest BCUT2D eigenvalue weighted by molar-refractivity contribution is 5.80. The number of carboxylic acids is 1. The molecule has 21 heavy (non-hydrogen) atoms. The molecule has 2 saturated heterocycles. The minimum Gasteiger partial charge on any atom is -0.481 e. The lowest BCUT2D eigenvalue weighted by Crippen LogP contribution is -2.56. The van der Waals surface area contributed by atoms with Crippen LogP contribution in [0.25, 0.3) is 0 Å². The summed E-state index contributed by atoms with van der Waals surface area (Å²) in [5.41, 5.74) is 0.820. The Kier molecular flexibility index (Phi) is 3.96. The second-order valence-corrected chi connectivity index (χ2v) is 5.82. The molecule has 0 aromatic carbocycles. The molecule has 6 heteroatoms. The van der Waals surface area contributed by atoms with E-state index in [4.69, 9.17) is 9.15 Å². The van der Waals surface area contributed by atoms with Gasteiger partial charge in [0.05, 0.1) is 31.5 Å². The Labute approximate surface area is 122 Å². The molecule has 0 saturated carbocycles. The normalized spacial score (nSPS) is 29.0. The van der Waals surface area contributed by atoms with Crippen molar-refractivity contribution < 1.29 is 23.8 Å². The number of furan rings is 1. The third-order valence-corrected chi connectivity index (χ3v) is 4.44. The summed E-state index contributed by atoms with van der Waals surface area (Å²) in [6, 6.07) is 1.87. The molecule has 114 valence electrons. The number of piperidine rings is 1. The number of nitrogens with zero attached hydrogens (tertiary/aromatic N) is 1. The van der Waals surface area contributed by atoms with E-state index < -0.39 is 11.9 Å². The Hall–Kier alpha value is -1.82. The fraction of sp³-hybridized carbons (Fsp3) is 0.600. The Bertz CT molecular complexity index is 512. The smallest absolute Gasteiger partial charge is 0.308 e. The van der Waals surface area contributed by atoms with Crippen LogP contribution >= 0.6 is 0 Å². The number of carboxylic acid groups (broad SMARTS) is 1. The maximum absolute atomic E-state index is 12.5. The lowest BCUT2D eigenvalue weighted by Gasteiger charge is -2.45. The fourth-order valence-electron chi connectivity index (χ4n) is 3.37. The zero-order chi connectivity index (χ0) is 14.8. The van der Waals surface area contributed by atoms with Crippen molar-refractivity contribution in [3.05, 3.63) is 24.2 Å². The number of hydrogen-bond acceptors (Lipinski definition) is 4. The van der Waals surface area contributed by atoms with E-state index >= 15 is 0 Å². The van der Waals surface area contributed by atoms with Crippen LogP contribution in [0.3, 0.4) is 0 Å². The molecule has 3 rings (SSSR count). The van der Waals surface area contributed by atoms with Gasteiger partial charge in [-0.05, 0) is 24.5 Å². The zero-order valence-corrected chi connectivity index (χ0v) is 11.7. The highest BCUT2D eigenvalue weighted by Gasteiger charge is 2.42. The molecule has 0 aliphatic carbocycles. The van der Waals surface area contributed by atoms with E-state index in [0.717, 1.165) is 12.0 Å². The van der Waals surface area contributed by atoms with Crippen LogP contribution in [0.5, 0.6) is 0 Å². The van der Waals surface area contributed by atoms with E-state index in [-0.39, 0.29) is 24.3 Å².